The number of piperidine rings is 1. The number of amides is 2. The smallest absolute Gasteiger partial charge is 0.410 e. The summed E-state index contributed by atoms with van der Waals surface area (Å²) >= 11 is 0. The second-order valence-corrected chi connectivity index (χ2v) is 4.65. The molecular formula is C14H18N2O3. The molecule has 0 aromatic heterocycles. The van der Waals surface area contributed by atoms with E-state index in [0.717, 1.165) is 12.0 Å². The number of carbonyl (C=O) groups excluding carboxylic acids is 2. The van der Waals surface area contributed by atoms with Gasteiger partial charge in [0.15, 0.2) is 0 Å². The van der Waals surface area contributed by atoms with E-state index in [4.69, 9.17) is 4.74 Å². The summed E-state index contributed by atoms with van der Waals surface area (Å²) in [5.41, 5.74) is 0.950. The lowest BCUT2D eigenvalue weighted by molar-refractivity contribution is -0.123. The first-order chi connectivity index (χ1) is 9.16. The van der Waals surface area contributed by atoms with Gasteiger partial charge in [0, 0.05) is 26.1 Å². The number of nitrogens with one attached hydrogen (secondary N) is 1. The monoisotopic (exact) mass is 262 g/mol. The van der Waals surface area contributed by atoms with Crippen LogP contribution in [0.25, 0.3) is 0 Å². The summed E-state index contributed by atoms with van der Waals surface area (Å²) in [5, 5.41) is 2.75. The van der Waals surface area contributed by atoms with E-state index < -0.39 is 0 Å². The number of benzene rings is 1. The molecule has 1 heterocycles. The average Bonchev–Trinajstić information content (AvgIpc) is 2.45. The average molecular weight is 262 g/mol. The minimum absolute atomic E-state index is 0.0149. The Hall–Kier alpha value is -2.04. The van der Waals surface area contributed by atoms with Crippen molar-refractivity contribution in [3.8, 4) is 0 Å². The summed E-state index contributed by atoms with van der Waals surface area (Å²) in [4.78, 5) is 24.7. The summed E-state index contributed by atoms with van der Waals surface area (Å²) in [6.07, 6.45) is 0.725. The Morgan fingerprint density at radius 2 is 2.16 bits per heavy atom. The van der Waals surface area contributed by atoms with Crippen molar-refractivity contribution in [2.75, 3.05) is 13.6 Å². The lowest BCUT2D eigenvalue weighted by Crippen LogP contribution is -2.46. The SMILES string of the molecule is CN(C(=O)OCc1ccccc1)C1CCNC(=O)C1. The Labute approximate surface area is 112 Å². The first kappa shape index (κ1) is 13.4. The molecule has 0 radical (unpaired) electrons. The third-order valence-electron chi connectivity index (χ3n) is 3.26. The molecule has 1 unspecified atom stereocenters. The van der Waals surface area contributed by atoms with Crippen molar-refractivity contribution in [2.45, 2.75) is 25.5 Å². The van der Waals surface area contributed by atoms with E-state index in [2.05, 4.69) is 5.32 Å². The highest BCUT2D eigenvalue weighted by Crippen LogP contribution is 2.12. The molecule has 1 saturated heterocycles. The van der Waals surface area contributed by atoms with Crippen LogP contribution >= 0.6 is 0 Å². The molecule has 19 heavy (non-hydrogen) atoms. The third kappa shape index (κ3) is 3.71. The molecule has 0 aliphatic carbocycles. The van der Waals surface area contributed by atoms with Crippen LogP contribution in [0.4, 0.5) is 4.79 Å². The number of carbonyl (C=O) groups is 2. The van der Waals surface area contributed by atoms with Gasteiger partial charge in [0.1, 0.15) is 6.61 Å². The van der Waals surface area contributed by atoms with Crippen molar-refractivity contribution in [3.05, 3.63) is 35.9 Å². The van der Waals surface area contributed by atoms with Crippen LogP contribution in [0.2, 0.25) is 0 Å². The highest BCUT2D eigenvalue weighted by atomic mass is 16.6. The van der Waals surface area contributed by atoms with Gasteiger partial charge in [-0.3, -0.25) is 4.79 Å². The minimum atomic E-state index is -0.386. The fraction of sp³-hybridized carbons (Fsp3) is 0.429. The molecule has 0 spiro atoms. The highest BCUT2D eigenvalue weighted by Gasteiger charge is 2.26. The van der Waals surface area contributed by atoms with Gasteiger partial charge in [-0.05, 0) is 12.0 Å². The molecule has 2 amide bonds. The zero-order valence-corrected chi connectivity index (χ0v) is 11.0. The second-order valence-electron chi connectivity index (χ2n) is 4.65. The van der Waals surface area contributed by atoms with E-state index in [1.54, 1.807) is 7.05 Å². The molecule has 1 aliphatic rings. The first-order valence-electron chi connectivity index (χ1n) is 6.37. The zero-order valence-electron chi connectivity index (χ0n) is 11.0. The van der Waals surface area contributed by atoms with Crippen LogP contribution in [0.3, 0.4) is 0 Å². The van der Waals surface area contributed by atoms with Gasteiger partial charge in [0.05, 0.1) is 0 Å². The Morgan fingerprint density at radius 1 is 1.42 bits per heavy atom. The van der Waals surface area contributed by atoms with Gasteiger partial charge in [-0.2, -0.15) is 0 Å². The maximum absolute atomic E-state index is 11.9. The Bertz CT molecular complexity index is 447. The topological polar surface area (TPSA) is 58.6 Å². The number of ether oxygens (including phenoxy) is 1. The van der Waals surface area contributed by atoms with Gasteiger partial charge in [-0.25, -0.2) is 4.79 Å². The van der Waals surface area contributed by atoms with Crippen LogP contribution < -0.4 is 5.32 Å². The summed E-state index contributed by atoms with van der Waals surface area (Å²) in [5.74, 6) is -0.0149. The summed E-state index contributed by atoms with van der Waals surface area (Å²) in [6, 6.07) is 9.45. The van der Waals surface area contributed by atoms with Crippen molar-refractivity contribution in [2.24, 2.45) is 0 Å². The van der Waals surface area contributed by atoms with Gasteiger partial charge in [0.2, 0.25) is 5.91 Å². The Kier molecular flexibility index (Phi) is 4.39. The predicted molar refractivity (Wildman–Crippen MR) is 70.4 cm³/mol. The molecule has 5 heteroatoms. The number of hydrogen-bond donors (Lipinski definition) is 1. The van der Waals surface area contributed by atoms with Gasteiger partial charge in [-0.1, -0.05) is 30.3 Å². The summed E-state index contributed by atoms with van der Waals surface area (Å²) < 4.78 is 5.23. The van der Waals surface area contributed by atoms with E-state index in [-0.39, 0.29) is 24.6 Å². The molecule has 2 rings (SSSR count). The van der Waals surface area contributed by atoms with Crippen molar-refractivity contribution in [1.29, 1.82) is 0 Å². The molecule has 102 valence electrons. The molecule has 0 saturated carbocycles. The summed E-state index contributed by atoms with van der Waals surface area (Å²) in [6.45, 7) is 0.864. The number of nitrogens with zero attached hydrogens (tertiary/aromatic N) is 1. The van der Waals surface area contributed by atoms with Gasteiger partial charge < -0.3 is 15.0 Å². The normalized spacial score (nSPS) is 18.6. The van der Waals surface area contributed by atoms with E-state index in [9.17, 15) is 9.59 Å². The van der Waals surface area contributed by atoms with Crippen LogP contribution in [-0.2, 0) is 16.1 Å². The van der Waals surface area contributed by atoms with Crippen molar-refractivity contribution >= 4 is 12.0 Å². The van der Waals surface area contributed by atoms with Crippen LogP contribution in [0.1, 0.15) is 18.4 Å². The maximum Gasteiger partial charge on any atom is 0.410 e. The Morgan fingerprint density at radius 3 is 2.84 bits per heavy atom. The van der Waals surface area contributed by atoms with Crippen molar-refractivity contribution < 1.29 is 14.3 Å². The number of hydrogen-bond acceptors (Lipinski definition) is 3. The fourth-order valence-electron chi connectivity index (χ4n) is 2.07. The van der Waals surface area contributed by atoms with Gasteiger partial charge >= 0.3 is 6.09 Å². The summed E-state index contributed by atoms with van der Waals surface area (Å²) in [7, 11) is 1.68. The first-order valence-corrected chi connectivity index (χ1v) is 6.37. The maximum atomic E-state index is 11.9. The molecule has 1 aliphatic heterocycles. The van der Waals surface area contributed by atoms with E-state index in [1.165, 1.54) is 4.90 Å². The standard InChI is InChI=1S/C14H18N2O3/c1-16(12-7-8-15-13(17)9-12)14(18)19-10-11-5-3-2-4-6-11/h2-6,12H,7-10H2,1H3,(H,15,17). The quantitative estimate of drug-likeness (QED) is 0.898. The number of rotatable bonds is 3. The fourth-order valence-corrected chi connectivity index (χ4v) is 2.07. The molecule has 1 N–H and O–H groups in total. The minimum Gasteiger partial charge on any atom is -0.445 e. The molecule has 0 bridgehead atoms. The molecular weight excluding hydrogens is 244 g/mol. The van der Waals surface area contributed by atoms with Gasteiger partial charge in [-0.15, -0.1) is 0 Å². The van der Waals surface area contributed by atoms with E-state index in [1.807, 2.05) is 30.3 Å². The molecule has 1 aromatic rings. The zero-order chi connectivity index (χ0) is 13.7. The lowest BCUT2D eigenvalue weighted by Gasteiger charge is -2.30. The highest BCUT2D eigenvalue weighted by molar-refractivity contribution is 5.78. The van der Waals surface area contributed by atoms with Crippen LogP contribution in [0, 0.1) is 0 Å². The predicted octanol–water partition coefficient (Wildman–Crippen LogP) is 1.53. The molecule has 5 nitrogen and oxygen atoms in total. The van der Waals surface area contributed by atoms with E-state index in [0.29, 0.717) is 13.0 Å². The lowest BCUT2D eigenvalue weighted by atomic mass is 10.1. The van der Waals surface area contributed by atoms with Crippen LogP contribution in [-0.4, -0.2) is 36.5 Å². The largest absolute Gasteiger partial charge is 0.445 e. The third-order valence-corrected chi connectivity index (χ3v) is 3.26. The van der Waals surface area contributed by atoms with E-state index >= 15 is 0 Å². The molecule has 1 atom stereocenters. The van der Waals surface area contributed by atoms with Crippen LogP contribution in [0.5, 0.6) is 0 Å². The van der Waals surface area contributed by atoms with Crippen LogP contribution in [0.15, 0.2) is 30.3 Å². The molecule has 1 aromatic carbocycles. The molecule has 1 fully saturated rings. The van der Waals surface area contributed by atoms with Crippen molar-refractivity contribution in [3.63, 3.8) is 0 Å². The van der Waals surface area contributed by atoms with Gasteiger partial charge in [0.25, 0.3) is 0 Å². The van der Waals surface area contributed by atoms with Crippen molar-refractivity contribution in [1.82, 2.24) is 10.2 Å². The second kappa shape index (κ2) is 6.22. The Balaban J connectivity index is 1.83.